The number of benzene rings is 1. The van der Waals surface area contributed by atoms with Crippen LogP contribution in [-0.4, -0.2) is 24.1 Å². The van der Waals surface area contributed by atoms with Crippen LogP contribution in [0.5, 0.6) is 0 Å². The first-order valence-electron chi connectivity index (χ1n) is 6.21. The number of amides is 1. The lowest BCUT2D eigenvalue weighted by molar-refractivity contribution is -0.126. The van der Waals surface area contributed by atoms with E-state index < -0.39 is 17.5 Å². The Kier molecular flexibility index (Phi) is 6.77. The molecule has 1 aromatic carbocycles. The summed E-state index contributed by atoms with van der Waals surface area (Å²) in [5, 5.41) is 2.45. The van der Waals surface area contributed by atoms with Gasteiger partial charge in [0.1, 0.15) is 6.10 Å². The van der Waals surface area contributed by atoms with Crippen molar-refractivity contribution in [3.63, 3.8) is 0 Å². The third kappa shape index (κ3) is 6.68. The van der Waals surface area contributed by atoms with Crippen LogP contribution in [0.1, 0.15) is 13.3 Å². The van der Waals surface area contributed by atoms with E-state index in [4.69, 9.17) is 4.74 Å². The van der Waals surface area contributed by atoms with E-state index in [1.807, 2.05) is 0 Å². The van der Waals surface area contributed by atoms with Crippen molar-refractivity contribution >= 4 is 23.4 Å². The van der Waals surface area contributed by atoms with E-state index in [0.717, 1.165) is 0 Å². The molecule has 0 aromatic heterocycles. The summed E-state index contributed by atoms with van der Waals surface area (Å²) in [7, 11) is 0. The molecule has 1 aromatic rings. The van der Waals surface area contributed by atoms with Crippen molar-refractivity contribution in [3.8, 4) is 0 Å². The van der Waals surface area contributed by atoms with E-state index >= 15 is 0 Å². The molecule has 1 rings (SSSR count). The van der Waals surface area contributed by atoms with E-state index in [9.17, 15) is 18.0 Å². The highest BCUT2D eigenvalue weighted by Gasteiger charge is 2.30. The number of halogens is 3. The summed E-state index contributed by atoms with van der Waals surface area (Å²) in [6, 6.07) is 5.76. The molecule has 21 heavy (non-hydrogen) atoms. The molecule has 116 valence electrons. The van der Waals surface area contributed by atoms with Gasteiger partial charge in [-0.2, -0.15) is 13.2 Å². The number of para-hydroxylation sites is 1. The highest BCUT2D eigenvalue weighted by Crippen LogP contribution is 2.40. The first kappa shape index (κ1) is 17.6. The first-order chi connectivity index (χ1) is 9.83. The lowest BCUT2D eigenvalue weighted by Crippen LogP contribution is -2.28. The van der Waals surface area contributed by atoms with Gasteiger partial charge in [-0.25, -0.2) is 0 Å². The van der Waals surface area contributed by atoms with E-state index in [1.165, 1.54) is 25.1 Å². The number of carbonyl (C=O) groups excluding carboxylic acids is 1. The van der Waals surface area contributed by atoms with Crippen molar-refractivity contribution in [2.45, 2.75) is 29.9 Å². The van der Waals surface area contributed by atoms with Crippen LogP contribution in [0.4, 0.5) is 18.9 Å². The zero-order valence-corrected chi connectivity index (χ0v) is 12.3. The Balaban J connectivity index is 2.69. The summed E-state index contributed by atoms with van der Waals surface area (Å²) >= 11 is -0.266. The molecule has 3 nitrogen and oxygen atoms in total. The van der Waals surface area contributed by atoms with Gasteiger partial charge < -0.3 is 10.1 Å². The van der Waals surface area contributed by atoms with Gasteiger partial charge >= 0.3 is 5.51 Å². The number of anilines is 1. The molecule has 0 saturated heterocycles. The molecule has 0 spiro atoms. The number of ether oxygens (including phenoxy) is 1. The maximum atomic E-state index is 12.4. The van der Waals surface area contributed by atoms with Crippen molar-refractivity contribution in [3.05, 3.63) is 36.9 Å². The Morgan fingerprint density at radius 3 is 2.76 bits per heavy atom. The molecule has 1 amide bonds. The molecule has 0 radical (unpaired) electrons. The number of hydrogen-bond acceptors (Lipinski definition) is 3. The molecule has 0 fully saturated rings. The quantitative estimate of drug-likeness (QED) is 0.464. The van der Waals surface area contributed by atoms with Crippen LogP contribution in [0.25, 0.3) is 0 Å². The van der Waals surface area contributed by atoms with Crippen molar-refractivity contribution in [1.29, 1.82) is 0 Å². The molecule has 0 aliphatic heterocycles. The number of nitrogens with one attached hydrogen (secondary N) is 1. The monoisotopic (exact) mass is 319 g/mol. The Hall–Kier alpha value is -1.47. The molecular formula is C14H16F3NO2S. The van der Waals surface area contributed by atoms with Gasteiger partial charge in [-0.05, 0) is 37.2 Å². The molecule has 1 N–H and O–H groups in total. The fraction of sp³-hybridized carbons (Fsp3) is 0.357. The molecule has 0 aliphatic rings. The highest BCUT2D eigenvalue weighted by molar-refractivity contribution is 8.00. The van der Waals surface area contributed by atoms with E-state index in [1.54, 1.807) is 12.1 Å². The topological polar surface area (TPSA) is 38.3 Å². The highest BCUT2D eigenvalue weighted by atomic mass is 32.2. The predicted molar refractivity (Wildman–Crippen MR) is 77.2 cm³/mol. The number of alkyl halides is 3. The summed E-state index contributed by atoms with van der Waals surface area (Å²) < 4.78 is 42.6. The van der Waals surface area contributed by atoms with Crippen LogP contribution in [-0.2, 0) is 9.53 Å². The zero-order valence-electron chi connectivity index (χ0n) is 11.4. The molecule has 0 heterocycles. The van der Waals surface area contributed by atoms with Crippen LogP contribution >= 0.6 is 11.8 Å². The molecule has 0 aliphatic carbocycles. The number of hydrogen-bond donors (Lipinski definition) is 1. The summed E-state index contributed by atoms with van der Waals surface area (Å²) in [5.41, 5.74) is -4.30. The van der Waals surface area contributed by atoms with E-state index in [-0.39, 0.29) is 22.3 Å². The van der Waals surface area contributed by atoms with Gasteiger partial charge in [0, 0.05) is 4.90 Å². The van der Waals surface area contributed by atoms with Gasteiger partial charge in [-0.15, -0.1) is 6.58 Å². The summed E-state index contributed by atoms with van der Waals surface area (Å²) in [6.45, 7) is 5.40. The lowest BCUT2D eigenvalue weighted by atomic mass is 10.3. The minimum absolute atomic E-state index is 0.0587. The molecular weight excluding hydrogens is 303 g/mol. The van der Waals surface area contributed by atoms with Crippen molar-refractivity contribution in [2.75, 3.05) is 11.9 Å². The SMILES string of the molecule is C=CCCOC(C)C(=O)Nc1ccccc1SC(F)(F)F. The molecule has 1 atom stereocenters. The maximum Gasteiger partial charge on any atom is 0.446 e. The van der Waals surface area contributed by atoms with Crippen molar-refractivity contribution in [1.82, 2.24) is 0 Å². The van der Waals surface area contributed by atoms with Crippen LogP contribution in [0.15, 0.2) is 41.8 Å². The van der Waals surface area contributed by atoms with Crippen LogP contribution in [0.3, 0.4) is 0 Å². The van der Waals surface area contributed by atoms with Crippen molar-refractivity contribution < 1.29 is 22.7 Å². The lowest BCUT2D eigenvalue weighted by Gasteiger charge is -2.15. The third-order valence-corrected chi connectivity index (χ3v) is 3.24. The molecule has 0 saturated carbocycles. The summed E-state index contributed by atoms with van der Waals surface area (Å²) in [5.74, 6) is -0.491. The third-order valence-electron chi connectivity index (χ3n) is 2.43. The second-order valence-electron chi connectivity index (χ2n) is 4.12. The summed E-state index contributed by atoms with van der Waals surface area (Å²) in [6.07, 6.45) is 1.49. The predicted octanol–water partition coefficient (Wildman–Crippen LogP) is 4.22. The number of carbonyl (C=O) groups is 1. The Morgan fingerprint density at radius 2 is 2.14 bits per heavy atom. The average molecular weight is 319 g/mol. The molecule has 0 bridgehead atoms. The number of rotatable bonds is 7. The van der Waals surface area contributed by atoms with Crippen LogP contribution in [0, 0.1) is 0 Å². The normalized spacial score (nSPS) is 12.8. The second kappa shape index (κ2) is 8.09. The van der Waals surface area contributed by atoms with Crippen molar-refractivity contribution in [2.24, 2.45) is 0 Å². The largest absolute Gasteiger partial charge is 0.446 e. The Morgan fingerprint density at radius 1 is 1.48 bits per heavy atom. The van der Waals surface area contributed by atoms with E-state index in [2.05, 4.69) is 11.9 Å². The minimum atomic E-state index is -4.41. The first-order valence-corrected chi connectivity index (χ1v) is 7.03. The fourth-order valence-electron chi connectivity index (χ4n) is 1.42. The number of thioether (sulfide) groups is 1. The smallest absolute Gasteiger partial charge is 0.368 e. The Labute approximate surface area is 125 Å². The van der Waals surface area contributed by atoms with Gasteiger partial charge in [0.15, 0.2) is 0 Å². The summed E-state index contributed by atoms with van der Waals surface area (Å²) in [4.78, 5) is 11.8. The second-order valence-corrected chi connectivity index (χ2v) is 5.23. The minimum Gasteiger partial charge on any atom is -0.368 e. The Bertz CT molecular complexity index is 491. The zero-order chi connectivity index (χ0) is 15.9. The molecule has 7 heteroatoms. The van der Waals surface area contributed by atoms with Gasteiger partial charge in [0.2, 0.25) is 0 Å². The van der Waals surface area contributed by atoms with Gasteiger partial charge in [-0.3, -0.25) is 4.79 Å². The fourth-order valence-corrected chi connectivity index (χ4v) is 2.05. The standard InChI is InChI=1S/C14H16F3NO2S/c1-3-4-9-20-10(2)13(19)18-11-7-5-6-8-12(11)21-14(15,16)17/h3,5-8,10H,1,4,9H2,2H3,(H,18,19). The maximum absolute atomic E-state index is 12.4. The molecule has 1 unspecified atom stereocenters. The van der Waals surface area contributed by atoms with Gasteiger partial charge in [0.05, 0.1) is 12.3 Å². The van der Waals surface area contributed by atoms with Crippen LogP contribution < -0.4 is 5.32 Å². The van der Waals surface area contributed by atoms with Gasteiger partial charge in [0.25, 0.3) is 5.91 Å². The average Bonchev–Trinajstić information content (AvgIpc) is 2.39. The van der Waals surface area contributed by atoms with E-state index in [0.29, 0.717) is 13.0 Å². The van der Waals surface area contributed by atoms with Gasteiger partial charge in [-0.1, -0.05) is 18.2 Å². The van der Waals surface area contributed by atoms with Crippen LogP contribution in [0.2, 0.25) is 0 Å².